The second-order valence-corrected chi connectivity index (χ2v) is 11.4. The molecule has 0 aliphatic heterocycles. The van der Waals surface area contributed by atoms with Crippen molar-refractivity contribution in [1.82, 2.24) is 10.7 Å². The SMILES string of the molecule is COc1cc(/C=N\NC(=O)[C@H](Cc2ccccc2)NC(=O)[C@@H](C)Oc2ccc(Cl)cc2Cl)ccc1OCc1ccc(Cl)cc1Cl. The Morgan fingerprint density at radius 3 is 2.20 bits per heavy atom. The standard InChI is InChI=1S/C33H29Cl4N3O5/c1-20(45-29-13-11-25(35)17-27(29)37)32(41)39-28(14-21-6-4-3-5-7-21)33(42)40-38-18-22-8-12-30(31(15-22)43-2)44-19-23-9-10-24(34)16-26(23)36/h3-13,15-18,20,28H,14,19H2,1-2H3,(H,39,41)(H,40,42)/b38-18-/t20-,28+/m1/s1. The van der Waals surface area contributed by atoms with E-state index in [0.717, 1.165) is 11.1 Å². The van der Waals surface area contributed by atoms with Crippen molar-refractivity contribution >= 4 is 64.4 Å². The number of hydrazone groups is 1. The number of amides is 2. The molecule has 0 unspecified atom stereocenters. The third-order valence-corrected chi connectivity index (χ3v) is 7.57. The number of benzene rings is 4. The van der Waals surface area contributed by atoms with Gasteiger partial charge in [0.2, 0.25) is 0 Å². The summed E-state index contributed by atoms with van der Waals surface area (Å²) < 4.78 is 17.1. The van der Waals surface area contributed by atoms with Gasteiger partial charge in [-0.15, -0.1) is 0 Å². The van der Waals surface area contributed by atoms with Gasteiger partial charge >= 0.3 is 0 Å². The summed E-state index contributed by atoms with van der Waals surface area (Å²) in [4.78, 5) is 26.3. The third kappa shape index (κ3) is 10.0. The Morgan fingerprint density at radius 2 is 1.51 bits per heavy atom. The molecule has 2 N–H and O–H groups in total. The third-order valence-electron chi connectivity index (χ3n) is 6.46. The second kappa shape index (κ2) is 16.4. The van der Waals surface area contributed by atoms with Crippen molar-refractivity contribution in [3.8, 4) is 17.2 Å². The molecular weight excluding hydrogens is 660 g/mol. The van der Waals surface area contributed by atoms with Crippen LogP contribution >= 0.6 is 46.4 Å². The number of carbonyl (C=O) groups excluding carboxylic acids is 2. The molecule has 0 spiro atoms. The fourth-order valence-electron chi connectivity index (χ4n) is 4.09. The zero-order valence-corrected chi connectivity index (χ0v) is 27.3. The van der Waals surface area contributed by atoms with Crippen molar-refractivity contribution in [2.24, 2.45) is 5.10 Å². The molecule has 2 atom stereocenters. The molecule has 4 rings (SSSR count). The molecule has 0 bridgehead atoms. The number of carbonyl (C=O) groups is 2. The molecule has 0 heterocycles. The van der Waals surface area contributed by atoms with Crippen LogP contribution in [0.5, 0.6) is 17.2 Å². The molecule has 0 saturated carbocycles. The molecule has 2 amide bonds. The summed E-state index contributed by atoms with van der Waals surface area (Å²) in [5.74, 6) is 0.206. The maximum atomic E-state index is 13.2. The molecular formula is C33H29Cl4N3O5. The van der Waals surface area contributed by atoms with Gasteiger partial charge in [0.15, 0.2) is 17.6 Å². The predicted octanol–water partition coefficient (Wildman–Crippen LogP) is 7.53. The second-order valence-electron chi connectivity index (χ2n) is 9.75. The zero-order chi connectivity index (χ0) is 32.3. The van der Waals surface area contributed by atoms with E-state index in [4.69, 9.17) is 60.6 Å². The Hall–Kier alpha value is -3.95. The first-order chi connectivity index (χ1) is 21.6. The van der Waals surface area contributed by atoms with Crippen molar-refractivity contribution in [1.29, 1.82) is 0 Å². The van der Waals surface area contributed by atoms with Crippen LogP contribution in [0.4, 0.5) is 0 Å². The Labute approximate surface area is 281 Å². The first-order valence-electron chi connectivity index (χ1n) is 13.7. The molecule has 0 aliphatic rings. The fraction of sp³-hybridized carbons (Fsp3) is 0.182. The Balaban J connectivity index is 1.40. The summed E-state index contributed by atoms with van der Waals surface area (Å²) >= 11 is 24.3. The number of ether oxygens (including phenoxy) is 3. The maximum absolute atomic E-state index is 13.2. The van der Waals surface area contributed by atoms with Gasteiger partial charge in [-0.05, 0) is 66.6 Å². The Morgan fingerprint density at radius 1 is 0.822 bits per heavy atom. The van der Waals surface area contributed by atoms with Gasteiger partial charge in [0.1, 0.15) is 18.4 Å². The summed E-state index contributed by atoms with van der Waals surface area (Å²) in [5.41, 5.74) is 4.76. The van der Waals surface area contributed by atoms with Crippen molar-refractivity contribution in [3.05, 3.63) is 122 Å². The van der Waals surface area contributed by atoms with Gasteiger partial charge in [-0.1, -0.05) is 82.8 Å². The van der Waals surface area contributed by atoms with E-state index in [9.17, 15) is 9.59 Å². The van der Waals surface area contributed by atoms with Crippen LogP contribution < -0.4 is 25.0 Å². The van der Waals surface area contributed by atoms with E-state index in [0.29, 0.717) is 32.1 Å². The summed E-state index contributed by atoms with van der Waals surface area (Å²) in [6.45, 7) is 1.77. The smallest absolute Gasteiger partial charge is 0.262 e. The first kappa shape index (κ1) is 33.9. The molecule has 0 radical (unpaired) electrons. The van der Waals surface area contributed by atoms with Crippen molar-refractivity contribution in [3.63, 3.8) is 0 Å². The van der Waals surface area contributed by atoms with Crippen molar-refractivity contribution in [2.45, 2.75) is 32.1 Å². The van der Waals surface area contributed by atoms with Crippen LogP contribution in [0.15, 0.2) is 90.0 Å². The molecule has 4 aromatic rings. The van der Waals surface area contributed by atoms with Crippen LogP contribution in [0.25, 0.3) is 0 Å². The summed E-state index contributed by atoms with van der Waals surface area (Å²) in [5, 5.41) is 8.58. The maximum Gasteiger partial charge on any atom is 0.262 e. The summed E-state index contributed by atoms with van der Waals surface area (Å²) in [7, 11) is 1.52. The number of halogens is 4. The van der Waals surface area contributed by atoms with E-state index in [-0.39, 0.29) is 23.8 Å². The summed E-state index contributed by atoms with van der Waals surface area (Å²) in [6.07, 6.45) is 0.720. The molecule has 12 heteroatoms. The predicted molar refractivity (Wildman–Crippen MR) is 178 cm³/mol. The lowest BCUT2D eigenvalue weighted by atomic mass is 10.1. The molecule has 8 nitrogen and oxygen atoms in total. The lowest BCUT2D eigenvalue weighted by molar-refractivity contribution is -0.132. The van der Waals surface area contributed by atoms with Crippen LogP contribution in [0.2, 0.25) is 20.1 Å². The summed E-state index contributed by atoms with van der Waals surface area (Å²) in [6, 6.07) is 23.4. The highest BCUT2D eigenvalue weighted by Crippen LogP contribution is 2.30. The first-order valence-corrected chi connectivity index (χ1v) is 15.2. The minimum absolute atomic E-state index is 0.209. The lowest BCUT2D eigenvalue weighted by Gasteiger charge is -2.21. The van der Waals surface area contributed by atoms with E-state index in [1.165, 1.54) is 19.4 Å². The van der Waals surface area contributed by atoms with Crippen molar-refractivity contribution in [2.75, 3.05) is 7.11 Å². The van der Waals surface area contributed by atoms with Crippen LogP contribution in [0.1, 0.15) is 23.6 Å². The number of rotatable bonds is 13. The van der Waals surface area contributed by atoms with Gasteiger partial charge in [0, 0.05) is 27.1 Å². The van der Waals surface area contributed by atoms with Gasteiger partial charge in [0.05, 0.1) is 18.3 Å². The number of hydrogen-bond donors (Lipinski definition) is 2. The van der Waals surface area contributed by atoms with E-state index < -0.39 is 24.0 Å². The van der Waals surface area contributed by atoms with E-state index >= 15 is 0 Å². The Kier molecular flexibility index (Phi) is 12.4. The number of hydrogen-bond acceptors (Lipinski definition) is 6. The van der Waals surface area contributed by atoms with E-state index in [1.807, 2.05) is 30.3 Å². The highest BCUT2D eigenvalue weighted by atomic mass is 35.5. The average Bonchev–Trinajstić information content (AvgIpc) is 3.02. The largest absolute Gasteiger partial charge is 0.493 e. The van der Waals surface area contributed by atoms with Crippen LogP contribution in [-0.4, -0.2) is 37.3 Å². The Bertz CT molecular complexity index is 1670. The van der Waals surface area contributed by atoms with Gasteiger partial charge in [0.25, 0.3) is 11.8 Å². The number of methoxy groups -OCH3 is 1. The van der Waals surface area contributed by atoms with E-state index in [2.05, 4.69) is 15.8 Å². The van der Waals surface area contributed by atoms with Gasteiger partial charge in [-0.25, -0.2) is 5.43 Å². The highest BCUT2D eigenvalue weighted by molar-refractivity contribution is 6.35. The lowest BCUT2D eigenvalue weighted by Crippen LogP contribution is -2.50. The van der Waals surface area contributed by atoms with E-state index in [1.54, 1.807) is 55.5 Å². The minimum Gasteiger partial charge on any atom is -0.493 e. The number of nitrogens with zero attached hydrogens (tertiary/aromatic N) is 1. The fourth-order valence-corrected chi connectivity index (χ4v) is 5.01. The molecule has 45 heavy (non-hydrogen) atoms. The number of nitrogens with one attached hydrogen (secondary N) is 2. The van der Waals surface area contributed by atoms with Crippen LogP contribution in [0, 0.1) is 0 Å². The quantitative estimate of drug-likeness (QED) is 0.112. The van der Waals surface area contributed by atoms with Crippen molar-refractivity contribution < 1.29 is 23.8 Å². The average molecular weight is 689 g/mol. The molecule has 4 aromatic carbocycles. The molecule has 0 aromatic heterocycles. The monoisotopic (exact) mass is 687 g/mol. The molecule has 0 saturated heterocycles. The van der Waals surface area contributed by atoms with Crippen LogP contribution in [-0.2, 0) is 22.6 Å². The highest BCUT2D eigenvalue weighted by Gasteiger charge is 2.25. The minimum atomic E-state index is -0.956. The zero-order valence-electron chi connectivity index (χ0n) is 24.2. The molecule has 0 aliphatic carbocycles. The van der Waals surface area contributed by atoms with Gasteiger partial charge < -0.3 is 19.5 Å². The van der Waals surface area contributed by atoms with Gasteiger partial charge in [-0.2, -0.15) is 5.10 Å². The molecule has 0 fully saturated rings. The van der Waals surface area contributed by atoms with Gasteiger partial charge in [-0.3, -0.25) is 9.59 Å². The van der Waals surface area contributed by atoms with Crippen LogP contribution in [0.3, 0.4) is 0 Å². The molecule has 234 valence electrons. The topological polar surface area (TPSA) is 98.2 Å². The normalized spacial score (nSPS) is 12.3.